The highest BCUT2D eigenvalue weighted by Crippen LogP contribution is 2.32. The van der Waals surface area contributed by atoms with Gasteiger partial charge in [0.15, 0.2) is 0 Å². The van der Waals surface area contributed by atoms with Crippen LogP contribution < -0.4 is 4.74 Å². The Hall–Kier alpha value is -2.18. The van der Waals surface area contributed by atoms with Crippen molar-refractivity contribution in [3.05, 3.63) is 47.4 Å². The van der Waals surface area contributed by atoms with Gasteiger partial charge in [-0.15, -0.1) is 0 Å². The van der Waals surface area contributed by atoms with E-state index in [2.05, 4.69) is 9.97 Å². The van der Waals surface area contributed by atoms with E-state index >= 15 is 0 Å². The van der Waals surface area contributed by atoms with Crippen LogP contribution in [-0.2, 0) is 9.53 Å². The number of methoxy groups -OCH3 is 1. The summed E-state index contributed by atoms with van der Waals surface area (Å²) in [7, 11) is 1.60. The molecule has 0 saturated carbocycles. The number of likely N-dealkylation sites (tertiary alicyclic amines) is 1. The number of carbonyl (C=O) groups is 1. The quantitative estimate of drug-likeness (QED) is 0.786. The summed E-state index contributed by atoms with van der Waals surface area (Å²) in [6.07, 6.45) is 5.46. The molecule has 1 aliphatic heterocycles. The van der Waals surface area contributed by atoms with Crippen molar-refractivity contribution in [2.75, 3.05) is 20.3 Å². The fourth-order valence-corrected chi connectivity index (χ4v) is 3.03. The highest BCUT2D eigenvalue weighted by molar-refractivity contribution is 6.30. The zero-order valence-electron chi connectivity index (χ0n) is 14.0. The van der Waals surface area contributed by atoms with E-state index in [4.69, 9.17) is 21.1 Å². The number of nitrogens with zero attached hydrogens (tertiary/aromatic N) is 3. The molecule has 1 aromatic heterocycles. The van der Waals surface area contributed by atoms with Crippen molar-refractivity contribution in [2.45, 2.75) is 25.3 Å². The lowest BCUT2D eigenvalue weighted by molar-refractivity contribution is -0.133. The third-order valence-corrected chi connectivity index (χ3v) is 4.35. The molecule has 0 bridgehead atoms. The smallest absolute Gasteiger partial charge is 0.238 e. The van der Waals surface area contributed by atoms with Crippen LogP contribution in [-0.4, -0.2) is 41.0 Å². The van der Waals surface area contributed by atoms with Gasteiger partial charge in [0, 0.05) is 18.7 Å². The van der Waals surface area contributed by atoms with Crippen molar-refractivity contribution in [1.29, 1.82) is 0 Å². The summed E-state index contributed by atoms with van der Waals surface area (Å²) in [6.45, 7) is 1.16. The van der Waals surface area contributed by atoms with Crippen LogP contribution in [0.25, 0.3) is 0 Å². The Balaban J connectivity index is 1.73. The van der Waals surface area contributed by atoms with Crippen molar-refractivity contribution in [1.82, 2.24) is 14.9 Å². The van der Waals surface area contributed by atoms with Crippen LogP contribution in [0.15, 0.2) is 36.7 Å². The molecule has 1 saturated heterocycles. The molecular weight excluding hydrogens is 342 g/mol. The average molecular weight is 362 g/mol. The minimum Gasteiger partial charge on any atom is -0.437 e. The van der Waals surface area contributed by atoms with Crippen molar-refractivity contribution in [2.24, 2.45) is 0 Å². The Labute approximate surface area is 151 Å². The number of amides is 1. The van der Waals surface area contributed by atoms with Gasteiger partial charge in [-0.1, -0.05) is 11.6 Å². The Morgan fingerprint density at radius 1 is 1.32 bits per heavy atom. The van der Waals surface area contributed by atoms with Crippen molar-refractivity contribution in [3.8, 4) is 11.6 Å². The van der Waals surface area contributed by atoms with Crippen LogP contribution in [0.4, 0.5) is 0 Å². The van der Waals surface area contributed by atoms with Crippen LogP contribution in [0.1, 0.15) is 31.0 Å². The predicted octanol–water partition coefficient (Wildman–Crippen LogP) is 3.62. The molecule has 0 N–H and O–H groups in total. The molecule has 1 aliphatic rings. The minimum absolute atomic E-state index is 0.0642. The first-order valence-electron chi connectivity index (χ1n) is 8.21. The molecule has 3 rings (SSSR count). The van der Waals surface area contributed by atoms with E-state index < -0.39 is 0 Å². The van der Waals surface area contributed by atoms with Gasteiger partial charge in [-0.25, -0.2) is 4.98 Å². The molecule has 2 aromatic rings. The normalized spacial score (nSPS) is 16.9. The Morgan fingerprint density at radius 3 is 2.88 bits per heavy atom. The number of ether oxygens (including phenoxy) is 2. The summed E-state index contributed by atoms with van der Waals surface area (Å²) in [6, 6.07) is 6.98. The molecule has 1 fully saturated rings. The van der Waals surface area contributed by atoms with Gasteiger partial charge in [-0.05, 0) is 37.1 Å². The second-order valence-corrected chi connectivity index (χ2v) is 6.26. The van der Waals surface area contributed by atoms with E-state index in [0.29, 0.717) is 29.7 Å². The van der Waals surface area contributed by atoms with Gasteiger partial charge < -0.3 is 14.4 Å². The molecule has 132 valence electrons. The fourth-order valence-electron chi connectivity index (χ4n) is 2.90. The molecule has 1 unspecified atom stereocenters. The van der Waals surface area contributed by atoms with E-state index in [9.17, 15) is 4.79 Å². The molecule has 1 atom stereocenters. The van der Waals surface area contributed by atoms with Crippen molar-refractivity contribution >= 4 is 17.5 Å². The summed E-state index contributed by atoms with van der Waals surface area (Å²) in [5, 5.41) is 0.642. The molecule has 6 nitrogen and oxygen atoms in total. The van der Waals surface area contributed by atoms with Gasteiger partial charge in [0.25, 0.3) is 0 Å². The first-order valence-corrected chi connectivity index (χ1v) is 8.59. The fraction of sp³-hybridized carbons (Fsp3) is 0.389. The van der Waals surface area contributed by atoms with E-state index in [1.165, 1.54) is 0 Å². The number of benzene rings is 1. The summed E-state index contributed by atoms with van der Waals surface area (Å²) in [4.78, 5) is 23.0. The minimum atomic E-state index is -0.0642. The molecule has 0 radical (unpaired) electrons. The first kappa shape index (κ1) is 17.6. The van der Waals surface area contributed by atoms with Crippen LogP contribution in [0.2, 0.25) is 5.02 Å². The van der Waals surface area contributed by atoms with Crippen molar-refractivity contribution in [3.63, 3.8) is 0 Å². The molecule has 7 heteroatoms. The van der Waals surface area contributed by atoms with Crippen LogP contribution in [0.5, 0.6) is 11.6 Å². The van der Waals surface area contributed by atoms with Crippen molar-refractivity contribution < 1.29 is 14.3 Å². The molecule has 25 heavy (non-hydrogen) atoms. The number of hydrogen-bond donors (Lipinski definition) is 0. The Bertz CT molecular complexity index is 724. The molecule has 1 aromatic carbocycles. The van der Waals surface area contributed by atoms with E-state index in [1.54, 1.807) is 43.8 Å². The highest BCUT2D eigenvalue weighted by atomic mass is 35.5. The van der Waals surface area contributed by atoms with Gasteiger partial charge in [-0.2, -0.15) is 0 Å². The second-order valence-electron chi connectivity index (χ2n) is 5.83. The number of hydrogen-bond acceptors (Lipinski definition) is 5. The van der Waals surface area contributed by atoms with Gasteiger partial charge in [0.1, 0.15) is 5.75 Å². The number of halogens is 1. The maximum atomic E-state index is 12.3. The van der Waals surface area contributed by atoms with Gasteiger partial charge in [0.2, 0.25) is 11.8 Å². The lowest BCUT2D eigenvalue weighted by Crippen LogP contribution is -2.31. The van der Waals surface area contributed by atoms with Gasteiger partial charge >= 0.3 is 0 Å². The Kier molecular flexibility index (Phi) is 5.83. The molecular formula is C18H20ClN3O3. The third kappa shape index (κ3) is 4.46. The summed E-state index contributed by atoms with van der Waals surface area (Å²) in [5.74, 6) is 1.11. The van der Waals surface area contributed by atoms with Crippen LogP contribution in [0.3, 0.4) is 0 Å². The van der Waals surface area contributed by atoms with Gasteiger partial charge in [-0.3, -0.25) is 9.78 Å². The topological polar surface area (TPSA) is 64.5 Å². The van der Waals surface area contributed by atoms with Crippen LogP contribution >= 0.6 is 11.6 Å². The predicted molar refractivity (Wildman–Crippen MR) is 93.7 cm³/mol. The zero-order valence-corrected chi connectivity index (χ0v) is 14.8. The van der Waals surface area contributed by atoms with E-state index in [0.717, 1.165) is 25.1 Å². The lowest BCUT2D eigenvalue weighted by atomic mass is 10.1. The third-order valence-electron chi connectivity index (χ3n) is 4.10. The van der Waals surface area contributed by atoms with E-state index in [1.807, 2.05) is 4.90 Å². The number of carbonyl (C=O) groups excluding carboxylic acids is 1. The number of aromatic nitrogens is 2. The second kappa shape index (κ2) is 8.27. The van der Waals surface area contributed by atoms with Crippen LogP contribution in [0, 0.1) is 0 Å². The van der Waals surface area contributed by atoms with E-state index in [-0.39, 0.29) is 11.9 Å². The molecule has 0 aliphatic carbocycles. The van der Waals surface area contributed by atoms with Gasteiger partial charge in [0.05, 0.1) is 37.2 Å². The zero-order chi connectivity index (χ0) is 17.6. The SMILES string of the molecule is COCCC(=O)N1CCCC1c1cncc(Oc2ccc(Cl)cc2)n1. The Morgan fingerprint density at radius 2 is 2.12 bits per heavy atom. The largest absolute Gasteiger partial charge is 0.437 e. The molecule has 0 spiro atoms. The maximum absolute atomic E-state index is 12.3. The highest BCUT2D eigenvalue weighted by Gasteiger charge is 2.31. The summed E-state index contributed by atoms with van der Waals surface area (Å²) >= 11 is 5.88. The molecule has 1 amide bonds. The summed E-state index contributed by atoms with van der Waals surface area (Å²) in [5.41, 5.74) is 0.745. The summed E-state index contributed by atoms with van der Waals surface area (Å²) < 4.78 is 10.7. The standard InChI is InChI=1S/C18H20ClN3O3/c1-24-10-8-18(23)22-9-2-3-16(22)15-11-20-12-17(21-15)25-14-6-4-13(19)5-7-14/h4-7,11-12,16H,2-3,8-10H2,1H3. The average Bonchev–Trinajstić information content (AvgIpc) is 3.12. The lowest BCUT2D eigenvalue weighted by Gasteiger charge is -2.24. The first-order chi connectivity index (χ1) is 12.2. The number of rotatable bonds is 6. The monoisotopic (exact) mass is 361 g/mol. The molecule has 2 heterocycles. The maximum Gasteiger partial charge on any atom is 0.238 e.